The lowest BCUT2D eigenvalue weighted by Crippen LogP contribution is -2.51. The first-order valence-electron chi connectivity index (χ1n) is 10.2. The van der Waals surface area contributed by atoms with E-state index in [1.54, 1.807) is 11.6 Å². The number of aromatic nitrogens is 2. The third-order valence-electron chi connectivity index (χ3n) is 6.68. The van der Waals surface area contributed by atoms with E-state index in [1.807, 2.05) is 32.0 Å². The molecule has 1 aromatic heterocycles. The summed E-state index contributed by atoms with van der Waals surface area (Å²) in [6.45, 7) is 6.21. The zero-order valence-corrected chi connectivity index (χ0v) is 18.5. The number of piperidine rings is 1. The Labute approximate surface area is 180 Å². The van der Waals surface area contributed by atoms with Crippen LogP contribution in [0.15, 0.2) is 32.8 Å². The van der Waals surface area contributed by atoms with E-state index in [0.29, 0.717) is 23.1 Å². The lowest BCUT2D eigenvalue weighted by molar-refractivity contribution is 0.0973. The Morgan fingerprint density at radius 1 is 1.27 bits per heavy atom. The molecule has 2 aromatic rings. The van der Waals surface area contributed by atoms with Crippen molar-refractivity contribution in [3.05, 3.63) is 34.1 Å². The molecule has 0 aliphatic carbocycles. The fourth-order valence-corrected chi connectivity index (χ4v) is 5.45. The van der Waals surface area contributed by atoms with Gasteiger partial charge in [0.25, 0.3) is 5.56 Å². The van der Waals surface area contributed by atoms with E-state index >= 15 is 0 Å². The first kappa shape index (κ1) is 21.0. The Kier molecular flexibility index (Phi) is 5.46. The number of nitrogens with two attached hydrogens (primary N) is 3. The minimum atomic E-state index is -0.154. The minimum absolute atomic E-state index is 0.0148. The van der Waals surface area contributed by atoms with Gasteiger partial charge in [0.2, 0.25) is 5.95 Å². The number of hydrogen-bond donors (Lipinski definition) is 3. The smallest absolute Gasteiger partial charge is 0.270 e. The van der Waals surface area contributed by atoms with Gasteiger partial charge in [0.1, 0.15) is 10.7 Å². The molecule has 9 heteroatoms. The zero-order valence-electron chi connectivity index (χ0n) is 17.7. The average molecular weight is 431 g/mol. The van der Waals surface area contributed by atoms with Gasteiger partial charge in [0, 0.05) is 42.2 Å². The Morgan fingerprint density at radius 3 is 2.60 bits per heavy atom. The monoisotopic (exact) mass is 430 g/mol. The number of benzene rings is 1. The molecular formula is C21H30N6O2S. The Hall–Kier alpha value is -2.23. The van der Waals surface area contributed by atoms with Gasteiger partial charge < -0.3 is 26.8 Å². The van der Waals surface area contributed by atoms with Crippen LogP contribution < -0.4 is 27.7 Å². The summed E-state index contributed by atoms with van der Waals surface area (Å²) in [4.78, 5) is 21.2. The first-order chi connectivity index (χ1) is 14.2. The summed E-state index contributed by atoms with van der Waals surface area (Å²) in [5.74, 6) is 0.844. The predicted molar refractivity (Wildman–Crippen MR) is 121 cm³/mol. The van der Waals surface area contributed by atoms with Gasteiger partial charge >= 0.3 is 0 Å². The summed E-state index contributed by atoms with van der Waals surface area (Å²) >= 11 is 1.31. The molecule has 0 unspecified atom stereocenters. The second-order valence-electron chi connectivity index (χ2n) is 8.45. The highest BCUT2D eigenvalue weighted by Gasteiger charge is 2.47. The second-order valence-corrected chi connectivity index (χ2v) is 9.51. The molecule has 1 spiro atoms. The predicted octanol–water partition coefficient (Wildman–Crippen LogP) is 1.74. The van der Waals surface area contributed by atoms with Crippen LogP contribution in [0.3, 0.4) is 0 Å². The van der Waals surface area contributed by atoms with Gasteiger partial charge in [0.05, 0.1) is 12.7 Å². The molecule has 0 radical (unpaired) electrons. The van der Waals surface area contributed by atoms with E-state index in [0.717, 1.165) is 36.4 Å². The largest absolute Gasteiger partial charge is 0.398 e. The van der Waals surface area contributed by atoms with Crippen LogP contribution >= 0.6 is 11.8 Å². The van der Waals surface area contributed by atoms with Crippen LogP contribution in [-0.2, 0) is 11.8 Å². The molecular weight excluding hydrogens is 400 g/mol. The van der Waals surface area contributed by atoms with Crippen LogP contribution in [0.4, 0.5) is 17.5 Å². The lowest BCUT2D eigenvalue weighted by Gasteiger charge is -2.41. The molecule has 2 aliphatic heterocycles. The molecule has 1 aromatic carbocycles. The highest BCUT2D eigenvalue weighted by atomic mass is 32.2. The molecule has 3 heterocycles. The van der Waals surface area contributed by atoms with E-state index < -0.39 is 0 Å². The standard InChI is InChI=1S/C21H30N6O2S/c1-12-14(22)5-4-6-15(12)30-16-18(24)25-20(26(3)19(16)28)27-9-7-21(8-10-27)11-29-13(2)17(21)23/h4-6,13,17H,7-11,22-24H2,1-3H3/t13-,17+/m0/s1. The van der Waals surface area contributed by atoms with Crippen LogP contribution in [0.2, 0.25) is 0 Å². The van der Waals surface area contributed by atoms with Crippen molar-refractivity contribution in [3.8, 4) is 0 Å². The van der Waals surface area contributed by atoms with Crippen LogP contribution in [0, 0.1) is 12.3 Å². The maximum absolute atomic E-state index is 13.1. The summed E-state index contributed by atoms with van der Waals surface area (Å²) in [5, 5.41) is 0. The number of hydrogen-bond acceptors (Lipinski definition) is 8. The highest BCUT2D eigenvalue weighted by Crippen LogP contribution is 2.42. The molecule has 30 heavy (non-hydrogen) atoms. The molecule has 6 N–H and O–H groups in total. The van der Waals surface area contributed by atoms with Crippen molar-refractivity contribution in [2.24, 2.45) is 18.2 Å². The van der Waals surface area contributed by atoms with Gasteiger partial charge in [-0.1, -0.05) is 17.8 Å². The maximum Gasteiger partial charge on any atom is 0.270 e. The number of nitrogen functional groups attached to an aromatic ring is 2. The fraction of sp³-hybridized carbons (Fsp3) is 0.524. The molecule has 4 rings (SSSR count). The fourth-order valence-electron chi connectivity index (χ4n) is 4.44. The van der Waals surface area contributed by atoms with Gasteiger partial charge in [0.15, 0.2) is 0 Å². The second kappa shape index (κ2) is 7.79. The quantitative estimate of drug-likeness (QED) is 0.629. The minimum Gasteiger partial charge on any atom is -0.398 e. The lowest BCUT2D eigenvalue weighted by atomic mass is 9.73. The summed E-state index contributed by atoms with van der Waals surface area (Å²) in [6.07, 6.45) is 1.90. The normalized spacial score (nSPS) is 23.3. The molecule has 0 amide bonds. The van der Waals surface area contributed by atoms with Crippen molar-refractivity contribution in [2.45, 2.75) is 48.6 Å². The molecule has 2 atom stereocenters. The van der Waals surface area contributed by atoms with E-state index in [1.165, 1.54) is 11.8 Å². The van der Waals surface area contributed by atoms with Crippen molar-refractivity contribution in [1.82, 2.24) is 9.55 Å². The Balaban J connectivity index is 1.58. The van der Waals surface area contributed by atoms with Crippen molar-refractivity contribution in [2.75, 3.05) is 36.1 Å². The van der Waals surface area contributed by atoms with Crippen molar-refractivity contribution in [3.63, 3.8) is 0 Å². The van der Waals surface area contributed by atoms with Crippen LogP contribution in [-0.4, -0.2) is 41.4 Å². The summed E-state index contributed by atoms with van der Waals surface area (Å²) in [5.41, 5.74) is 20.1. The van der Waals surface area contributed by atoms with E-state index in [4.69, 9.17) is 21.9 Å². The molecule has 2 aliphatic rings. The SMILES string of the molecule is Cc1c(N)cccc1Sc1c(N)nc(N2CCC3(CC2)CO[C@@H](C)[C@H]3N)n(C)c1=O. The molecule has 2 saturated heterocycles. The van der Waals surface area contributed by atoms with Crippen molar-refractivity contribution < 1.29 is 4.74 Å². The van der Waals surface area contributed by atoms with Crippen molar-refractivity contribution >= 4 is 29.2 Å². The third kappa shape index (κ3) is 3.44. The van der Waals surface area contributed by atoms with Crippen LogP contribution in [0.25, 0.3) is 0 Å². The summed E-state index contributed by atoms with van der Waals surface area (Å²) in [7, 11) is 1.75. The number of nitrogens with zero attached hydrogens (tertiary/aromatic N) is 3. The topological polar surface area (TPSA) is 125 Å². The Morgan fingerprint density at radius 2 is 1.97 bits per heavy atom. The summed E-state index contributed by atoms with van der Waals surface area (Å²) < 4.78 is 7.39. The molecule has 0 bridgehead atoms. The summed E-state index contributed by atoms with van der Waals surface area (Å²) in [6, 6.07) is 5.69. The third-order valence-corrected chi connectivity index (χ3v) is 7.93. The first-order valence-corrected chi connectivity index (χ1v) is 11.1. The van der Waals surface area contributed by atoms with E-state index in [9.17, 15) is 4.79 Å². The molecule has 0 saturated carbocycles. The number of ether oxygens (including phenoxy) is 1. The van der Waals surface area contributed by atoms with E-state index in [2.05, 4.69) is 9.88 Å². The zero-order chi connectivity index (χ0) is 21.6. The number of rotatable bonds is 3. The molecule has 162 valence electrons. The van der Waals surface area contributed by atoms with Gasteiger partial charge in [-0.2, -0.15) is 4.98 Å². The molecule has 2 fully saturated rings. The van der Waals surface area contributed by atoms with Gasteiger partial charge in [-0.05, 0) is 44.4 Å². The van der Waals surface area contributed by atoms with Crippen LogP contribution in [0.1, 0.15) is 25.3 Å². The highest BCUT2D eigenvalue weighted by molar-refractivity contribution is 7.99. The average Bonchev–Trinajstić information content (AvgIpc) is 3.00. The Bertz CT molecular complexity index is 1020. The van der Waals surface area contributed by atoms with Gasteiger partial charge in [-0.15, -0.1) is 0 Å². The maximum atomic E-state index is 13.1. The van der Waals surface area contributed by atoms with Gasteiger partial charge in [-0.3, -0.25) is 9.36 Å². The number of anilines is 3. The van der Waals surface area contributed by atoms with Gasteiger partial charge in [-0.25, -0.2) is 0 Å². The molecule has 8 nitrogen and oxygen atoms in total. The van der Waals surface area contributed by atoms with Crippen molar-refractivity contribution in [1.29, 1.82) is 0 Å². The van der Waals surface area contributed by atoms with E-state index in [-0.39, 0.29) is 28.9 Å². The van der Waals surface area contributed by atoms with Crippen LogP contribution in [0.5, 0.6) is 0 Å².